The van der Waals surface area contributed by atoms with Gasteiger partial charge in [0.05, 0.1) is 16.3 Å². The van der Waals surface area contributed by atoms with Crippen LogP contribution in [0.5, 0.6) is 0 Å². The molecule has 0 atom stereocenters. The van der Waals surface area contributed by atoms with Crippen molar-refractivity contribution >= 4 is 28.9 Å². The Morgan fingerprint density at radius 3 is 2.58 bits per heavy atom. The van der Waals surface area contributed by atoms with Gasteiger partial charge in [-0.15, -0.1) is 0 Å². The minimum atomic E-state index is -0.567. The first kappa shape index (κ1) is 13.4. The molecule has 1 amide bonds. The van der Waals surface area contributed by atoms with Crippen LogP contribution in [0.3, 0.4) is 0 Å². The Balaban J connectivity index is 2.31. The first-order valence-electron chi connectivity index (χ1n) is 5.65. The third-order valence-electron chi connectivity index (χ3n) is 2.64. The number of nitrogens with one attached hydrogen (secondary N) is 2. The van der Waals surface area contributed by atoms with Crippen molar-refractivity contribution in [2.24, 2.45) is 0 Å². The lowest BCUT2D eigenvalue weighted by molar-refractivity contribution is 0.102. The number of hydrogen-bond donors (Lipinski definition) is 2. The highest BCUT2D eigenvalue weighted by atomic mass is 35.5. The molecule has 0 aliphatic carbocycles. The van der Waals surface area contributed by atoms with Crippen molar-refractivity contribution in [2.75, 3.05) is 17.7 Å². The summed E-state index contributed by atoms with van der Waals surface area (Å²) in [5, 5.41) is 5.55. The van der Waals surface area contributed by atoms with Crippen molar-refractivity contribution in [1.29, 1.82) is 0 Å². The fraction of sp³-hybridized carbons (Fsp3) is 0.0714. The Labute approximate surface area is 115 Å². The molecule has 0 spiro atoms. The van der Waals surface area contributed by atoms with Gasteiger partial charge in [-0.05, 0) is 24.3 Å². The molecule has 2 rings (SSSR count). The first-order chi connectivity index (χ1) is 9.13. The standard InChI is InChI=1S/C14H12ClFN2O/c1-17-12-8-3-2-5-9(12)14(19)18-13-10(15)6-4-7-11(13)16/h2-8,17H,1H3,(H,18,19). The highest BCUT2D eigenvalue weighted by Gasteiger charge is 2.14. The van der Waals surface area contributed by atoms with E-state index in [1.807, 2.05) is 0 Å². The van der Waals surface area contributed by atoms with Crippen molar-refractivity contribution in [2.45, 2.75) is 0 Å². The molecule has 2 aromatic rings. The van der Waals surface area contributed by atoms with Gasteiger partial charge in [0.1, 0.15) is 5.82 Å². The monoisotopic (exact) mass is 278 g/mol. The van der Waals surface area contributed by atoms with Gasteiger partial charge in [0.2, 0.25) is 0 Å². The lowest BCUT2D eigenvalue weighted by Crippen LogP contribution is -2.15. The molecule has 2 N–H and O–H groups in total. The number of rotatable bonds is 3. The van der Waals surface area contributed by atoms with E-state index in [0.717, 1.165) is 0 Å². The van der Waals surface area contributed by atoms with E-state index in [1.165, 1.54) is 18.2 Å². The highest BCUT2D eigenvalue weighted by molar-refractivity contribution is 6.34. The molecule has 3 nitrogen and oxygen atoms in total. The van der Waals surface area contributed by atoms with E-state index in [4.69, 9.17) is 11.6 Å². The summed E-state index contributed by atoms with van der Waals surface area (Å²) in [7, 11) is 1.71. The molecule has 5 heteroatoms. The van der Waals surface area contributed by atoms with E-state index in [-0.39, 0.29) is 10.7 Å². The van der Waals surface area contributed by atoms with Crippen molar-refractivity contribution in [1.82, 2.24) is 0 Å². The maximum absolute atomic E-state index is 13.6. The zero-order chi connectivity index (χ0) is 13.8. The molecule has 0 unspecified atom stereocenters. The van der Waals surface area contributed by atoms with Gasteiger partial charge in [-0.25, -0.2) is 4.39 Å². The molecule has 19 heavy (non-hydrogen) atoms. The fourth-order valence-corrected chi connectivity index (χ4v) is 1.91. The molecule has 0 aromatic heterocycles. The second kappa shape index (κ2) is 5.71. The maximum Gasteiger partial charge on any atom is 0.257 e. The van der Waals surface area contributed by atoms with Gasteiger partial charge in [0.25, 0.3) is 5.91 Å². The van der Waals surface area contributed by atoms with E-state index in [9.17, 15) is 9.18 Å². The van der Waals surface area contributed by atoms with Crippen LogP contribution in [0.15, 0.2) is 42.5 Å². The lowest BCUT2D eigenvalue weighted by Gasteiger charge is -2.11. The molecule has 0 saturated heterocycles. The summed E-state index contributed by atoms with van der Waals surface area (Å²) >= 11 is 5.86. The van der Waals surface area contributed by atoms with Gasteiger partial charge >= 0.3 is 0 Å². The SMILES string of the molecule is CNc1ccccc1C(=O)Nc1c(F)cccc1Cl. The fourth-order valence-electron chi connectivity index (χ4n) is 1.70. The molecule has 2 aromatic carbocycles. The number of carbonyl (C=O) groups is 1. The van der Waals surface area contributed by atoms with E-state index in [0.29, 0.717) is 11.3 Å². The van der Waals surface area contributed by atoms with Gasteiger partial charge in [-0.2, -0.15) is 0 Å². The van der Waals surface area contributed by atoms with Crippen LogP contribution >= 0.6 is 11.6 Å². The zero-order valence-electron chi connectivity index (χ0n) is 10.2. The molecule has 0 aliphatic heterocycles. The Kier molecular flexibility index (Phi) is 4.02. The Bertz CT molecular complexity index is 596. The number of halogens is 2. The first-order valence-corrected chi connectivity index (χ1v) is 6.03. The topological polar surface area (TPSA) is 41.1 Å². The summed E-state index contributed by atoms with van der Waals surface area (Å²) in [6.07, 6.45) is 0. The van der Waals surface area contributed by atoms with Crippen molar-refractivity contribution in [3.63, 3.8) is 0 Å². The summed E-state index contributed by atoms with van der Waals surface area (Å²) in [4.78, 5) is 12.1. The molecule has 0 radical (unpaired) electrons. The Morgan fingerprint density at radius 1 is 1.16 bits per heavy atom. The van der Waals surface area contributed by atoms with Gasteiger partial charge in [-0.3, -0.25) is 4.79 Å². The number of para-hydroxylation sites is 2. The van der Waals surface area contributed by atoms with Crippen molar-refractivity contribution in [3.05, 3.63) is 58.9 Å². The number of amides is 1. The van der Waals surface area contributed by atoms with Crippen molar-refractivity contribution < 1.29 is 9.18 Å². The van der Waals surface area contributed by atoms with E-state index in [1.54, 1.807) is 31.3 Å². The van der Waals surface area contributed by atoms with E-state index >= 15 is 0 Å². The number of hydrogen-bond acceptors (Lipinski definition) is 2. The zero-order valence-corrected chi connectivity index (χ0v) is 11.0. The number of anilines is 2. The number of carbonyl (C=O) groups excluding carboxylic acids is 1. The van der Waals surface area contributed by atoms with Crippen LogP contribution in [-0.4, -0.2) is 13.0 Å². The molecular weight excluding hydrogens is 267 g/mol. The van der Waals surface area contributed by atoms with Crippen LogP contribution in [0, 0.1) is 5.82 Å². The Hall–Kier alpha value is -2.07. The summed E-state index contributed by atoms with van der Waals surface area (Å²) < 4.78 is 13.6. The van der Waals surface area contributed by atoms with Gasteiger partial charge in [-0.1, -0.05) is 29.8 Å². The minimum Gasteiger partial charge on any atom is -0.387 e. The molecule has 0 bridgehead atoms. The second-order valence-corrected chi connectivity index (χ2v) is 4.25. The summed E-state index contributed by atoms with van der Waals surface area (Å²) in [6.45, 7) is 0. The normalized spacial score (nSPS) is 10.1. The van der Waals surface area contributed by atoms with Crippen LogP contribution in [0.25, 0.3) is 0 Å². The summed E-state index contributed by atoms with van der Waals surface area (Å²) in [5.74, 6) is -0.986. The third kappa shape index (κ3) is 2.85. The highest BCUT2D eigenvalue weighted by Crippen LogP contribution is 2.26. The summed E-state index contributed by atoms with van der Waals surface area (Å²) in [6, 6.07) is 11.2. The van der Waals surface area contributed by atoms with Gasteiger partial charge < -0.3 is 10.6 Å². The third-order valence-corrected chi connectivity index (χ3v) is 2.96. The Morgan fingerprint density at radius 2 is 1.89 bits per heavy atom. The maximum atomic E-state index is 13.6. The van der Waals surface area contributed by atoms with Gasteiger partial charge in [0.15, 0.2) is 0 Å². The molecule has 0 saturated carbocycles. The smallest absolute Gasteiger partial charge is 0.257 e. The van der Waals surface area contributed by atoms with Crippen LogP contribution < -0.4 is 10.6 Å². The van der Waals surface area contributed by atoms with Crippen molar-refractivity contribution in [3.8, 4) is 0 Å². The average Bonchev–Trinajstić information content (AvgIpc) is 2.42. The van der Waals surface area contributed by atoms with Crippen LogP contribution in [0.2, 0.25) is 5.02 Å². The second-order valence-electron chi connectivity index (χ2n) is 3.85. The van der Waals surface area contributed by atoms with Crippen LogP contribution in [-0.2, 0) is 0 Å². The minimum absolute atomic E-state index is 0.0138. The molecule has 0 heterocycles. The average molecular weight is 279 g/mol. The predicted octanol–water partition coefficient (Wildman–Crippen LogP) is 3.77. The molecule has 0 aliphatic rings. The molecule has 98 valence electrons. The number of benzene rings is 2. The van der Waals surface area contributed by atoms with Crippen LogP contribution in [0.4, 0.5) is 15.8 Å². The molecular formula is C14H12ClFN2O. The van der Waals surface area contributed by atoms with Gasteiger partial charge in [0, 0.05) is 12.7 Å². The van der Waals surface area contributed by atoms with Crippen LogP contribution in [0.1, 0.15) is 10.4 Å². The van der Waals surface area contributed by atoms with E-state index < -0.39 is 11.7 Å². The largest absolute Gasteiger partial charge is 0.387 e. The lowest BCUT2D eigenvalue weighted by atomic mass is 10.1. The molecule has 0 fully saturated rings. The predicted molar refractivity (Wildman–Crippen MR) is 75.4 cm³/mol. The summed E-state index contributed by atoms with van der Waals surface area (Å²) in [5.41, 5.74) is 1.07. The quantitative estimate of drug-likeness (QED) is 0.897. The van der Waals surface area contributed by atoms with E-state index in [2.05, 4.69) is 10.6 Å².